The van der Waals surface area contributed by atoms with Crippen LogP contribution >= 0.6 is 0 Å². The number of nitrogens with one attached hydrogen (secondary N) is 1. The number of carbonyl (C=O) groups is 1. The molecule has 2 rings (SSSR count). The van der Waals surface area contributed by atoms with Crippen LogP contribution in [-0.2, 0) is 6.54 Å². The smallest absolute Gasteiger partial charge is 0.358 e. The summed E-state index contributed by atoms with van der Waals surface area (Å²) in [7, 11) is 1.43. The zero-order valence-electron chi connectivity index (χ0n) is 9.23. The average molecular weight is 252 g/mol. The van der Waals surface area contributed by atoms with Gasteiger partial charge in [0.1, 0.15) is 6.54 Å². The molecule has 0 saturated carbocycles. The van der Waals surface area contributed by atoms with E-state index in [0.717, 1.165) is 0 Å². The molecule has 2 heterocycles. The highest BCUT2D eigenvalue weighted by molar-refractivity contribution is 5.89. The molecule has 0 spiro atoms. The van der Waals surface area contributed by atoms with E-state index in [-0.39, 0.29) is 24.1 Å². The maximum Gasteiger partial charge on any atom is 0.389 e. The third-order valence-corrected chi connectivity index (χ3v) is 2.01. The third kappa shape index (κ3) is 2.31. The number of nitro groups is 1. The highest BCUT2D eigenvalue weighted by Gasteiger charge is 2.16. The Morgan fingerprint density at radius 1 is 1.67 bits per heavy atom. The fraction of sp³-hybridized carbons (Fsp3) is 0.250. The molecule has 0 aliphatic carbocycles. The Morgan fingerprint density at radius 3 is 3.06 bits per heavy atom. The maximum atomic E-state index is 11.2. The molecular formula is C8H8N6O4. The summed E-state index contributed by atoms with van der Waals surface area (Å²) in [5.41, 5.74) is 0. The van der Waals surface area contributed by atoms with Crippen LogP contribution < -0.4 is 5.32 Å². The van der Waals surface area contributed by atoms with Gasteiger partial charge in [0.25, 0.3) is 0 Å². The summed E-state index contributed by atoms with van der Waals surface area (Å²) in [5.74, 6) is -0.744. The minimum atomic E-state index is -0.608. The van der Waals surface area contributed by atoms with Crippen molar-refractivity contribution in [2.45, 2.75) is 6.54 Å². The van der Waals surface area contributed by atoms with Crippen LogP contribution in [0.2, 0.25) is 0 Å². The van der Waals surface area contributed by atoms with Gasteiger partial charge >= 0.3 is 17.6 Å². The Labute approximate surface area is 99.7 Å². The van der Waals surface area contributed by atoms with E-state index < -0.39 is 10.8 Å². The van der Waals surface area contributed by atoms with Gasteiger partial charge in [-0.25, -0.2) is 0 Å². The molecule has 0 radical (unpaired) electrons. The molecule has 2 aromatic rings. The molecule has 1 N–H and O–H groups in total. The van der Waals surface area contributed by atoms with Gasteiger partial charge in [-0.2, -0.15) is 9.67 Å². The molecule has 0 aromatic carbocycles. The van der Waals surface area contributed by atoms with Crippen LogP contribution in [0.5, 0.6) is 0 Å². The van der Waals surface area contributed by atoms with Crippen molar-refractivity contribution in [2.75, 3.05) is 7.05 Å². The fourth-order valence-corrected chi connectivity index (χ4v) is 1.20. The Morgan fingerprint density at radius 2 is 2.44 bits per heavy atom. The molecule has 0 unspecified atom stereocenters. The minimum Gasteiger partial charge on any atom is -0.358 e. The normalized spacial score (nSPS) is 10.3. The lowest BCUT2D eigenvalue weighted by Gasteiger charge is -1.89. The fourth-order valence-electron chi connectivity index (χ4n) is 1.20. The number of nitrogens with zero attached hydrogens (tertiary/aromatic N) is 5. The predicted octanol–water partition coefficient (Wildman–Crippen LogP) is -0.418. The van der Waals surface area contributed by atoms with Crippen molar-refractivity contribution in [1.29, 1.82) is 0 Å². The first-order valence-corrected chi connectivity index (χ1v) is 4.82. The number of hydrogen-bond donors (Lipinski definition) is 1. The standard InChI is InChI=1S/C8H8N6O4/c1-9-7(15)8-10-5(12-18-8)4-13-3-2-6(11-13)14(16)17/h2-3H,4H2,1H3,(H,9,15). The minimum absolute atomic E-state index is 0.0777. The molecule has 0 aliphatic heterocycles. The van der Waals surface area contributed by atoms with Crippen molar-refractivity contribution >= 4 is 11.7 Å². The molecule has 0 fully saturated rings. The second-order valence-electron chi connectivity index (χ2n) is 3.22. The molecule has 0 bridgehead atoms. The molecule has 2 aromatic heterocycles. The van der Waals surface area contributed by atoms with Crippen molar-refractivity contribution in [3.8, 4) is 0 Å². The first-order valence-electron chi connectivity index (χ1n) is 4.82. The predicted molar refractivity (Wildman–Crippen MR) is 55.7 cm³/mol. The molecule has 10 nitrogen and oxygen atoms in total. The Balaban J connectivity index is 2.11. The Kier molecular flexibility index (Phi) is 3.00. The van der Waals surface area contributed by atoms with Gasteiger partial charge in [0.2, 0.25) is 0 Å². The molecule has 0 saturated heterocycles. The largest absolute Gasteiger partial charge is 0.389 e. The third-order valence-electron chi connectivity index (χ3n) is 2.01. The van der Waals surface area contributed by atoms with E-state index in [1.54, 1.807) is 0 Å². The quantitative estimate of drug-likeness (QED) is 0.577. The van der Waals surface area contributed by atoms with Crippen LogP contribution in [0.15, 0.2) is 16.8 Å². The average Bonchev–Trinajstić information content (AvgIpc) is 2.98. The van der Waals surface area contributed by atoms with Crippen molar-refractivity contribution < 1.29 is 14.2 Å². The topological polar surface area (TPSA) is 129 Å². The molecule has 10 heteroatoms. The molecule has 18 heavy (non-hydrogen) atoms. The summed E-state index contributed by atoms with van der Waals surface area (Å²) >= 11 is 0. The number of carbonyl (C=O) groups excluding carboxylic acids is 1. The lowest BCUT2D eigenvalue weighted by atomic mass is 10.5. The molecule has 1 amide bonds. The lowest BCUT2D eigenvalue weighted by Crippen LogP contribution is -2.18. The van der Waals surface area contributed by atoms with Crippen molar-refractivity contribution in [3.05, 3.63) is 34.1 Å². The Bertz CT molecular complexity index is 588. The van der Waals surface area contributed by atoms with E-state index >= 15 is 0 Å². The summed E-state index contributed by atoms with van der Waals surface area (Å²) in [5, 5.41) is 20.0. The zero-order chi connectivity index (χ0) is 13.1. The number of aromatic nitrogens is 4. The van der Waals surface area contributed by atoms with Gasteiger partial charge in [-0.3, -0.25) is 4.79 Å². The highest BCUT2D eigenvalue weighted by atomic mass is 16.6. The summed E-state index contributed by atoms with van der Waals surface area (Å²) in [6, 6.07) is 1.25. The van der Waals surface area contributed by atoms with Gasteiger partial charge in [0.15, 0.2) is 5.82 Å². The monoisotopic (exact) mass is 252 g/mol. The second kappa shape index (κ2) is 4.61. The van der Waals surface area contributed by atoms with Crippen LogP contribution in [-0.4, -0.2) is 37.8 Å². The van der Waals surface area contributed by atoms with Crippen molar-refractivity contribution in [3.63, 3.8) is 0 Å². The maximum absolute atomic E-state index is 11.2. The van der Waals surface area contributed by atoms with E-state index in [2.05, 4.69) is 20.6 Å². The van der Waals surface area contributed by atoms with Gasteiger partial charge in [0, 0.05) is 7.05 Å². The van der Waals surface area contributed by atoms with Crippen LogP contribution in [0, 0.1) is 10.1 Å². The van der Waals surface area contributed by atoms with Gasteiger partial charge in [-0.05, 0) is 4.92 Å². The molecular weight excluding hydrogens is 244 g/mol. The van der Waals surface area contributed by atoms with E-state index in [1.165, 1.54) is 24.0 Å². The van der Waals surface area contributed by atoms with Gasteiger partial charge in [-0.1, -0.05) is 5.16 Å². The highest BCUT2D eigenvalue weighted by Crippen LogP contribution is 2.07. The summed E-state index contributed by atoms with van der Waals surface area (Å²) in [6.07, 6.45) is 1.41. The summed E-state index contributed by atoms with van der Waals surface area (Å²) < 4.78 is 5.97. The van der Waals surface area contributed by atoms with Gasteiger partial charge < -0.3 is 20.0 Å². The van der Waals surface area contributed by atoms with Crippen LogP contribution in [0.25, 0.3) is 0 Å². The zero-order valence-corrected chi connectivity index (χ0v) is 9.23. The van der Waals surface area contributed by atoms with Crippen LogP contribution in [0.1, 0.15) is 16.5 Å². The lowest BCUT2D eigenvalue weighted by molar-refractivity contribution is -0.389. The number of hydrogen-bond acceptors (Lipinski definition) is 7. The molecule has 0 aliphatic rings. The summed E-state index contributed by atoms with van der Waals surface area (Å²) in [6.45, 7) is 0.0777. The van der Waals surface area contributed by atoms with E-state index in [9.17, 15) is 14.9 Å². The molecule has 0 atom stereocenters. The van der Waals surface area contributed by atoms with Gasteiger partial charge in [-0.15, -0.1) is 0 Å². The van der Waals surface area contributed by atoms with E-state index in [0.29, 0.717) is 0 Å². The summed E-state index contributed by atoms with van der Waals surface area (Å²) in [4.78, 5) is 24.8. The van der Waals surface area contributed by atoms with Crippen molar-refractivity contribution in [2.24, 2.45) is 0 Å². The van der Waals surface area contributed by atoms with E-state index in [1.807, 2.05) is 0 Å². The first-order chi connectivity index (χ1) is 8.60. The van der Waals surface area contributed by atoms with Crippen LogP contribution in [0.3, 0.4) is 0 Å². The first kappa shape index (κ1) is 11.7. The molecule has 94 valence electrons. The second-order valence-corrected chi connectivity index (χ2v) is 3.22. The SMILES string of the molecule is CNC(=O)c1nc(Cn2ccc([N+](=O)[O-])n2)no1. The number of amides is 1. The van der Waals surface area contributed by atoms with Crippen LogP contribution in [0.4, 0.5) is 5.82 Å². The number of rotatable bonds is 4. The Hall–Kier alpha value is -2.78. The van der Waals surface area contributed by atoms with Crippen molar-refractivity contribution in [1.82, 2.24) is 25.2 Å². The van der Waals surface area contributed by atoms with E-state index in [4.69, 9.17) is 4.52 Å². The van der Waals surface area contributed by atoms with Gasteiger partial charge in [0.05, 0.1) is 17.4 Å².